The Balaban J connectivity index is 1.97. The minimum atomic E-state index is 0.282. The van der Waals surface area contributed by atoms with Crippen LogP contribution in [0.1, 0.15) is 18.7 Å². The van der Waals surface area contributed by atoms with Gasteiger partial charge in [-0.2, -0.15) is 9.97 Å². The maximum Gasteiger partial charge on any atom is 0.324 e. The van der Waals surface area contributed by atoms with Crippen LogP contribution in [0, 0.1) is 0 Å². The molecule has 0 saturated heterocycles. The molecule has 0 radical (unpaired) electrons. The number of nitrogens with one attached hydrogen (secondary N) is 1. The summed E-state index contributed by atoms with van der Waals surface area (Å²) in [5, 5.41) is 5.08. The second kappa shape index (κ2) is 7.64. The molecule has 0 unspecified atom stereocenters. The summed E-state index contributed by atoms with van der Waals surface area (Å²) in [6.45, 7) is 5.62. The van der Waals surface area contributed by atoms with Gasteiger partial charge in [0.05, 0.1) is 13.2 Å². The predicted octanol–water partition coefficient (Wildman–Crippen LogP) is 2.39. The lowest BCUT2D eigenvalue weighted by molar-refractivity contribution is 0.272. The van der Waals surface area contributed by atoms with Crippen molar-refractivity contribution in [3.8, 4) is 12.0 Å². The van der Waals surface area contributed by atoms with E-state index in [-0.39, 0.29) is 12.0 Å². The van der Waals surface area contributed by atoms with Gasteiger partial charge in [-0.1, -0.05) is 6.07 Å². The van der Waals surface area contributed by atoms with E-state index in [2.05, 4.69) is 31.7 Å². The van der Waals surface area contributed by atoms with Crippen molar-refractivity contribution in [2.45, 2.75) is 20.3 Å². The van der Waals surface area contributed by atoms with Crippen molar-refractivity contribution < 1.29 is 9.47 Å². The summed E-state index contributed by atoms with van der Waals surface area (Å²) in [4.78, 5) is 13.7. The smallest absolute Gasteiger partial charge is 0.324 e. The number of ether oxygens (including phenoxy) is 2. The molecule has 0 saturated carbocycles. The largest absolute Gasteiger partial charge is 0.464 e. The maximum atomic E-state index is 5.58. The van der Waals surface area contributed by atoms with E-state index in [9.17, 15) is 0 Å². The van der Waals surface area contributed by atoms with E-state index in [0.29, 0.717) is 19.2 Å². The molecule has 2 aromatic rings. The molecular formula is C13H18N4O2S. The molecule has 2 aromatic heterocycles. The van der Waals surface area contributed by atoms with Gasteiger partial charge in [-0.25, -0.2) is 0 Å². The molecule has 0 fully saturated rings. The predicted molar refractivity (Wildman–Crippen MR) is 78.7 cm³/mol. The van der Waals surface area contributed by atoms with E-state index in [1.165, 1.54) is 4.88 Å². The van der Waals surface area contributed by atoms with Crippen molar-refractivity contribution in [1.29, 1.82) is 0 Å². The highest BCUT2D eigenvalue weighted by Gasteiger charge is 2.08. The molecule has 0 amide bonds. The van der Waals surface area contributed by atoms with Crippen molar-refractivity contribution in [1.82, 2.24) is 15.0 Å². The van der Waals surface area contributed by atoms with Crippen LogP contribution in [0.3, 0.4) is 0 Å². The Morgan fingerprint density at radius 2 is 1.95 bits per heavy atom. The van der Waals surface area contributed by atoms with Crippen LogP contribution in [0.4, 0.5) is 5.95 Å². The molecule has 0 aromatic carbocycles. The molecule has 0 aliphatic rings. The first-order valence-electron chi connectivity index (χ1n) is 6.59. The van der Waals surface area contributed by atoms with Gasteiger partial charge in [0, 0.05) is 17.8 Å². The highest BCUT2D eigenvalue weighted by atomic mass is 32.1. The Hall–Kier alpha value is -1.89. The van der Waals surface area contributed by atoms with Gasteiger partial charge in [-0.3, -0.25) is 0 Å². The number of hydrogen-bond acceptors (Lipinski definition) is 7. The van der Waals surface area contributed by atoms with Crippen molar-refractivity contribution in [3.63, 3.8) is 0 Å². The summed E-state index contributed by atoms with van der Waals surface area (Å²) >= 11 is 1.71. The number of thiophene rings is 1. The average molecular weight is 294 g/mol. The molecule has 7 heteroatoms. The molecule has 0 aliphatic heterocycles. The summed E-state index contributed by atoms with van der Waals surface area (Å²) in [5.41, 5.74) is 0. The summed E-state index contributed by atoms with van der Waals surface area (Å²) in [6, 6.07) is 4.68. The summed E-state index contributed by atoms with van der Waals surface area (Å²) < 4.78 is 10.9. The lowest BCUT2D eigenvalue weighted by Crippen LogP contribution is -2.10. The second-order valence-electron chi connectivity index (χ2n) is 3.87. The van der Waals surface area contributed by atoms with Crippen molar-refractivity contribution in [2.75, 3.05) is 25.1 Å². The third kappa shape index (κ3) is 4.34. The molecule has 20 heavy (non-hydrogen) atoms. The Kier molecular flexibility index (Phi) is 5.55. The zero-order valence-electron chi connectivity index (χ0n) is 11.6. The number of aromatic nitrogens is 3. The summed E-state index contributed by atoms with van der Waals surface area (Å²) in [5.74, 6) is 0.470. The molecule has 6 nitrogen and oxygen atoms in total. The van der Waals surface area contributed by atoms with Crippen LogP contribution in [0.5, 0.6) is 12.0 Å². The minimum Gasteiger partial charge on any atom is -0.464 e. The van der Waals surface area contributed by atoms with E-state index < -0.39 is 0 Å². The van der Waals surface area contributed by atoms with E-state index in [1.807, 2.05) is 19.9 Å². The van der Waals surface area contributed by atoms with Crippen molar-refractivity contribution >= 4 is 17.3 Å². The molecule has 0 spiro atoms. The standard InChI is InChI=1S/C13H18N4O2S/c1-3-14-11-15-12(18-4-2)17-13(16-11)19-8-7-10-6-5-9-20-10/h5-6,9H,3-4,7-8H2,1-2H3,(H,14,15,16,17). The monoisotopic (exact) mass is 294 g/mol. The van der Waals surface area contributed by atoms with Crippen LogP contribution in [0.15, 0.2) is 17.5 Å². The van der Waals surface area contributed by atoms with E-state index >= 15 is 0 Å². The van der Waals surface area contributed by atoms with Crippen LogP contribution in [0.2, 0.25) is 0 Å². The fraction of sp³-hybridized carbons (Fsp3) is 0.462. The maximum absolute atomic E-state index is 5.58. The molecule has 0 atom stereocenters. The fourth-order valence-electron chi connectivity index (χ4n) is 1.53. The first kappa shape index (κ1) is 14.5. The SMILES string of the molecule is CCNc1nc(OCC)nc(OCCc2cccs2)n1. The van der Waals surface area contributed by atoms with Crippen molar-refractivity contribution in [3.05, 3.63) is 22.4 Å². The highest BCUT2D eigenvalue weighted by molar-refractivity contribution is 7.09. The zero-order valence-corrected chi connectivity index (χ0v) is 12.4. The van der Waals surface area contributed by atoms with E-state index in [4.69, 9.17) is 9.47 Å². The van der Waals surface area contributed by atoms with Gasteiger partial charge in [0.1, 0.15) is 0 Å². The minimum absolute atomic E-state index is 0.282. The van der Waals surface area contributed by atoms with E-state index in [0.717, 1.165) is 13.0 Å². The summed E-state index contributed by atoms with van der Waals surface area (Å²) in [7, 11) is 0. The van der Waals surface area contributed by atoms with Gasteiger partial charge in [0.15, 0.2) is 0 Å². The van der Waals surface area contributed by atoms with Gasteiger partial charge in [-0.15, -0.1) is 16.3 Å². The van der Waals surface area contributed by atoms with Gasteiger partial charge in [-0.05, 0) is 25.3 Å². The van der Waals surface area contributed by atoms with Gasteiger partial charge in [0.2, 0.25) is 5.95 Å². The molecule has 0 bridgehead atoms. The van der Waals surface area contributed by atoms with Crippen LogP contribution in [0.25, 0.3) is 0 Å². The van der Waals surface area contributed by atoms with Gasteiger partial charge in [0.25, 0.3) is 0 Å². The lowest BCUT2D eigenvalue weighted by Gasteiger charge is -2.08. The fourth-order valence-corrected chi connectivity index (χ4v) is 2.22. The third-order valence-corrected chi connectivity index (χ3v) is 3.30. The Morgan fingerprint density at radius 3 is 2.60 bits per heavy atom. The van der Waals surface area contributed by atoms with Crippen LogP contribution in [-0.4, -0.2) is 34.7 Å². The topological polar surface area (TPSA) is 69.2 Å². The first-order valence-corrected chi connectivity index (χ1v) is 7.47. The molecular weight excluding hydrogens is 276 g/mol. The second-order valence-corrected chi connectivity index (χ2v) is 4.90. The Morgan fingerprint density at radius 1 is 1.15 bits per heavy atom. The number of hydrogen-bond donors (Lipinski definition) is 1. The molecule has 0 aliphatic carbocycles. The van der Waals surface area contributed by atoms with Gasteiger partial charge >= 0.3 is 12.0 Å². The molecule has 108 valence electrons. The first-order chi connectivity index (χ1) is 9.81. The lowest BCUT2D eigenvalue weighted by atomic mass is 10.4. The number of anilines is 1. The van der Waals surface area contributed by atoms with E-state index in [1.54, 1.807) is 11.3 Å². The Bertz CT molecular complexity index is 495. The zero-order chi connectivity index (χ0) is 14.2. The van der Waals surface area contributed by atoms with Gasteiger partial charge < -0.3 is 14.8 Å². The molecule has 1 N–H and O–H groups in total. The van der Waals surface area contributed by atoms with Crippen LogP contribution >= 0.6 is 11.3 Å². The average Bonchev–Trinajstić information content (AvgIpc) is 2.92. The molecule has 2 rings (SSSR count). The number of rotatable bonds is 8. The normalized spacial score (nSPS) is 10.3. The highest BCUT2D eigenvalue weighted by Crippen LogP contribution is 2.14. The van der Waals surface area contributed by atoms with Crippen LogP contribution < -0.4 is 14.8 Å². The van der Waals surface area contributed by atoms with Crippen LogP contribution in [-0.2, 0) is 6.42 Å². The molecule has 2 heterocycles. The summed E-state index contributed by atoms with van der Waals surface area (Å²) in [6.07, 6.45) is 0.837. The van der Waals surface area contributed by atoms with Crippen molar-refractivity contribution in [2.24, 2.45) is 0 Å². The third-order valence-electron chi connectivity index (χ3n) is 2.36. The Labute approximate surface area is 122 Å². The quantitative estimate of drug-likeness (QED) is 0.806. The number of nitrogens with zero attached hydrogens (tertiary/aromatic N) is 3.